The zero-order chi connectivity index (χ0) is 16.0. The molecular weight excluding hydrogens is 290 g/mol. The number of likely N-dealkylation sites (tertiary alicyclic amines) is 1. The molecule has 1 aromatic rings. The lowest BCUT2D eigenvalue weighted by Crippen LogP contribution is -2.63. The standard InChI is InChI=1S/C19H25NO3/c1-13(21)11-20-7-6-19-12-23-8-5-16(19)18(20)9-14-3-4-15(22-2)10-17(14)19/h3-4,10,16,18H,5-9,11-12H2,1-2H3/t16-,18+,19-/m0/s1. The van der Waals surface area contributed by atoms with Crippen LogP contribution in [0.15, 0.2) is 18.2 Å². The van der Waals surface area contributed by atoms with Crippen molar-refractivity contribution in [2.75, 3.05) is 33.4 Å². The Kier molecular flexibility index (Phi) is 3.69. The second-order valence-corrected chi connectivity index (χ2v) is 7.32. The van der Waals surface area contributed by atoms with Crippen molar-refractivity contribution in [3.8, 4) is 5.75 Å². The van der Waals surface area contributed by atoms with E-state index in [1.165, 1.54) is 11.1 Å². The van der Waals surface area contributed by atoms with E-state index in [4.69, 9.17) is 9.47 Å². The first-order chi connectivity index (χ1) is 11.1. The minimum atomic E-state index is 0.109. The minimum absolute atomic E-state index is 0.109. The van der Waals surface area contributed by atoms with Crippen LogP contribution in [0.5, 0.6) is 5.75 Å². The highest BCUT2D eigenvalue weighted by molar-refractivity contribution is 5.77. The van der Waals surface area contributed by atoms with E-state index in [0.29, 0.717) is 18.5 Å². The van der Waals surface area contributed by atoms with Crippen LogP contribution in [0.25, 0.3) is 0 Å². The summed E-state index contributed by atoms with van der Waals surface area (Å²) in [6, 6.07) is 6.97. The Balaban J connectivity index is 1.79. The van der Waals surface area contributed by atoms with Crippen LogP contribution in [0.4, 0.5) is 0 Å². The van der Waals surface area contributed by atoms with Crippen molar-refractivity contribution in [3.05, 3.63) is 29.3 Å². The number of ether oxygens (including phenoxy) is 2. The molecule has 4 heteroatoms. The van der Waals surface area contributed by atoms with Crippen LogP contribution in [0.3, 0.4) is 0 Å². The molecule has 0 radical (unpaired) electrons. The number of piperidine rings is 1. The van der Waals surface area contributed by atoms with Crippen LogP contribution in [0.1, 0.15) is 30.9 Å². The molecule has 3 aliphatic rings. The van der Waals surface area contributed by atoms with Crippen molar-refractivity contribution in [2.45, 2.75) is 37.6 Å². The van der Waals surface area contributed by atoms with Crippen molar-refractivity contribution in [3.63, 3.8) is 0 Å². The Morgan fingerprint density at radius 1 is 1.48 bits per heavy atom. The van der Waals surface area contributed by atoms with Gasteiger partial charge in [-0.05, 0) is 61.9 Å². The van der Waals surface area contributed by atoms with Gasteiger partial charge >= 0.3 is 0 Å². The highest BCUT2D eigenvalue weighted by Gasteiger charge is 2.54. The molecule has 1 aromatic carbocycles. The summed E-state index contributed by atoms with van der Waals surface area (Å²) in [6.45, 7) is 4.93. The maximum absolute atomic E-state index is 11.7. The summed E-state index contributed by atoms with van der Waals surface area (Å²) >= 11 is 0. The van der Waals surface area contributed by atoms with E-state index in [2.05, 4.69) is 23.1 Å². The fourth-order valence-electron chi connectivity index (χ4n) is 5.14. The molecular formula is C19H25NO3. The van der Waals surface area contributed by atoms with E-state index in [9.17, 15) is 4.79 Å². The number of carbonyl (C=O) groups excluding carboxylic acids is 1. The number of hydrogen-bond donors (Lipinski definition) is 0. The molecule has 4 nitrogen and oxygen atoms in total. The Bertz CT molecular complexity index is 629. The van der Waals surface area contributed by atoms with Crippen LogP contribution >= 0.6 is 0 Å². The molecule has 1 aliphatic carbocycles. The lowest BCUT2D eigenvalue weighted by Gasteiger charge is -2.58. The summed E-state index contributed by atoms with van der Waals surface area (Å²) in [5, 5.41) is 0. The maximum atomic E-state index is 11.7. The van der Waals surface area contributed by atoms with Crippen molar-refractivity contribution < 1.29 is 14.3 Å². The van der Waals surface area contributed by atoms with E-state index < -0.39 is 0 Å². The van der Waals surface area contributed by atoms with Crippen LogP contribution < -0.4 is 4.74 Å². The molecule has 0 unspecified atom stereocenters. The number of benzene rings is 1. The Hall–Kier alpha value is -1.39. The van der Waals surface area contributed by atoms with Crippen LogP contribution in [-0.4, -0.2) is 50.1 Å². The lowest BCUT2D eigenvalue weighted by atomic mass is 9.56. The molecule has 0 aromatic heterocycles. The smallest absolute Gasteiger partial charge is 0.143 e. The highest BCUT2D eigenvalue weighted by atomic mass is 16.5. The Morgan fingerprint density at radius 3 is 3.13 bits per heavy atom. The molecule has 0 spiro atoms. The monoisotopic (exact) mass is 315 g/mol. The SMILES string of the molecule is COc1ccc2c(c1)[C@]13CCN(CC(C)=O)[C@H](C2)[C@@H]1CCOC3. The lowest BCUT2D eigenvalue weighted by molar-refractivity contribution is -0.123. The normalized spacial score (nSPS) is 32.8. The second-order valence-electron chi connectivity index (χ2n) is 7.32. The fraction of sp³-hybridized carbons (Fsp3) is 0.632. The summed E-state index contributed by atoms with van der Waals surface area (Å²) in [6.07, 6.45) is 3.20. The van der Waals surface area contributed by atoms with Gasteiger partial charge in [-0.15, -0.1) is 0 Å². The number of carbonyl (C=O) groups is 1. The predicted molar refractivity (Wildman–Crippen MR) is 88.0 cm³/mol. The van der Waals surface area contributed by atoms with Crippen LogP contribution in [-0.2, 0) is 21.4 Å². The van der Waals surface area contributed by atoms with Crippen molar-refractivity contribution in [1.29, 1.82) is 0 Å². The first-order valence-electron chi connectivity index (χ1n) is 8.63. The van der Waals surface area contributed by atoms with Gasteiger partial charge in [0.05, 0.1) is 20.3 Å². The molecule has 2 aliphatic heterocycles. The number of Topliss-reactive ketones (excluding diaryl/α,β-unsaturated/α-hetero) is 1. The molecule has 2 saturated heterocycles. The average molecular weight is 315 g/mol. The van der Waals surface area contributed by atoms with E-state index in [-0.39, 0.29) is 11.2 Å². The second kappa shape index (κ2) is 5.60. The van der Waals surface area contributed by atoms with Gasteiger partial charge in [-0.3, -0.25) is 9.69 Å². The number of nitrogens with zero attached hydrogens (tertiary/aromatic N) is 1. The van der Waals surface area contributed by atoms with Gasteiger partial charge in [-0.2, -0.15) is 0 Å². The Labute approximate surface area is 137 Å². The largest absolute Gasteiger partial charge is 0.497 e. The van der Waals surface area contributed by atoms with Gasteiger partial charge in [0.1, 0.15) is 11.5 Å². The predicted octanol–water partition coefficient (Wildman–Crippen LogP) is 2.19. The third-order valence-electron chi connectivity index (χ3n) is 6.13. The molecule has 23 heavy (non-hydrogen) atoms. The number of rotatable bonds is 3. The molecule has 124 valence electrons. The molecule has 4 rings (SSSR count). The number of hydrogen-bond acceptors (Lipinski definition) is 4. The summed E-state index contributed by atoms with van der Waals surface area (Å²) < 4.78 is 11.4. The van der Waals surface area contributed by atoms with E-state index in [0.717, 1.165) is 44.8 Å². The summed E-state index contributed by atoms with van der Waals surface area (Å²) in [5.41, 5.74) is 2.95. The molecule has 2 bridgehead atoms. The quantitative estimate of drug-likeness (QED) is 0.857. The summed E-state index contributed by atoms with van der Waals surface area (Å²) in [4.78, 5) is 14.1. The van der Waals surface area contributed by atoms with E-state index in [1.54, 1.807) is 14.0 Å². The van der Waals surface area contributed by atoms with Crippen molar-refractivity contribution >= 4 is 5.78 Å². The topological polar surface area (TPSA) is 38.8 Å². The summed E-state index contributed by atoms with van der Waals surface area (Å²) in [7, 11) is 1.73. The van der Waals surface area contributed by atoms with Crippen LogP contribution in [0.2, 0.25) is 0 Å². The third-order valence-corrected chi connectivity index (χ3v) is 6.13. The Morgan fingerprint density at radius 2 is 2.35 bits per heavy atom. The molecule has 2 heterocycles. The zero-order valence-electron chi connectivity index (χ0n) is 14.0. The maximum Gasteiger partial charge on any atom is 0.143 e. The van der Waals surface area contributed by atoms with Gasteiger partial charge in [0.15, 0.2) is 0 Å². The zero-order valence-corrected chi connectivity index (χ0v) is 14.0. The molecule has 0 amide bonds. The third kappa shape index (κ3) is 2.31. The number of fused-ring (bicyclic) bond motifs is 1. The average Bonchev–Trinajstić information content (AvgIpc) is 2.56. The molecule has 3 atom stereocenters. The van der Waals surface area contributed by atoms with Crippen LogP contribution in [0, 0.1) is 5.92 Å². The first kappa shape index (κ1) is 15.2. The van der Waals surface area contributed by atoms with Crippen molar-refractivity contribution in [2.24, 2.45) is 5.92 Å². The molecule has 0 saturated carbocycles. The van der Waals surface area contributed by atoms with Gasteiger partial charge < -0.3 is 9.47 Å². The van der Waals surface area contributed by atoms with Gasteiger partial charge in [-0.1, -0.05) is 6.07 Å². The molecule has 2 fully saturated rings. The fourth-order valence-corrected chi connectivity index (χ4v) is 5.14. The summed E-state index contributed by atoms with van der Waals surface area (Å²) in [5.74, 6) is 1.79. The highest BCUT2D eigenvalue weighted by Crippen LogP contribution is 2.52. The van der Waals surface area contributed by atoms with Gasteiger partial charge in [0.25, 0.3) is 0 Å². The van der Waals surface area contributed by atoms with Gasteiger partial charge in [0.2, 0.25) is 0 Å². The van der Waals surface area contributed by atoms with Gasteiger partial charge in [0, 0.05) is 18.1 Å². The van der Waals surface area contributed by atoms with Crippen molar-refractivity contribution in [1.82, 2.24) is 4.90 Å². The molecule has 0 N–H and O–H groups in total. The van der Waals surface area contributed by atoms with E-state index >= 15 is 0 Å². The van der Waals surface area contributed by atoms with Gasteiger partial charge in [-0.25, -0.2) is 0 Å². The first-order valence-corrected chi connectivity index (χ1v) is 8.63. The van der Waals surface area contributed by atoms with E-state index in [1.807, 2.05) is 0 Å². The number of ketones is 1. The number of methoxy groups -OCH3 is 1. The minimum Gasteiger partial charge on any atom is -0.497 e.